The van der Waals surface area contributed by atoms with Gasteiger partial charge in [-0.05, 0) is 57.3 Å². The minimum atomic E-state index is -0.425. The Morgan fingerprint density at radius 1 is 0.846 bits per heavy atom. The molecule has 1 saturated heterocycles. The van der Waals surface area contributed by atoms with Gasteiger partial charge in [-0.1, -0.05) is 110 Å². The summed E-state index contributed by atoms with van der Waals surface area (Å²) in [6.45, 7) is 3.52. The molecule has 1 aliphatic heterocycles. The molecule has 2 unspecified atom stereocenters. The maximum atomic E-state index is 14.7. The average molecular weight is 516 g/mol. The van der Waals surface area contributed by atoms with Crippen LogP contribution in [-0.4, -0.2) is 41.6 Å². The normalized spacial score (nSPS) is 17.6. The first-order chi connectivity index (χ1) is 19.2. The van der Waals surface area contributed by atoms with E-state index in [4.69, 9.17) is 0 Å². The molecule has 196 valence electrons. The van der Waals surface area contributed by atoms with Crippen molar-refractivity contribution in [3.63, 3.8) is 0 Å². The molecule has 6 rings (SSSR count). The SMILES string of the molecule is CCCCN(C(=O)C1c2ccccc2-c2cccc(-c3ccccc3-c3ccccc3)c21)N1CCC1NC=O. The van der Waals surface area contributed by atoms with Gasteiger partial charge in [0.05, 0.1) is 5.92 Å². The van der Waals surface area contributed by atoms with Gasteiger partial charge in [0, 0.05) is 13.1 Å². The number of carbonyl (C=O) groups is 2. The third kappa shape index (κ3) is 4.43. The maximum absolute atomic E-state index is 14.7. The Hall–Kier alpha value is -4.22. The zero-order valence-electron chi connectivity index (χ0n) is 22.2. The lowest BCUT2D eigenvalue weighted by Crippen LogP contribution is -2.64. The maximum Gasteiger partial charge on any atom is 0.248 e. The summed E-state index contributed by atoms with van der Waals surface area (Å²) < 4.78 is 0. The summed E-state index contributed by atoms with van der Waals surface area (Å²) in [5.74, 6) is -0.359. The van der Waals surface area contributed by atoms with Gasteiger partial charge >= 0.3 is 0 Å². The van der Waals surface area contributed by atoms with Gasteiger partial charge in [0.15, 0.2) is 0 Å². The minimum absolute atomic E-state index is 0.0664. The van der Waals surface area contributed by atoms with Gasteiger partial charge in [-0.3, -0.25) is 14.6 Å². The molecule has 2 atom stereocenters. The van der Waals surface area contributed by atoms with Crippen LogP contribution in [0.2, 0.25) is 0 Å². The average Bonchev–Trinajstić information content (AvgIpc) is 3.32. The quantitative estimate of drug-likeness (QED) is 0.261. The lowest BCUT2D eigenvalue weighted by atomic mass is 9.86. The van der Waals surface area contributed by atoms with Crippen LogP contribution < -0.4 is 5.32 Å². The molecule has 39 heavy (non-hydrogen) atoms. The molecule has 0 spiro atoms. The predicted octanol–water partition coefficient (Wildman–Crippen LogP) is 6.45. The molecule has 0 bridgehead atoms. The predicted molar refractivity (Wildman–Crippen MR) is 156 cm³/mol. The van der Waals surface area contributed by atoms with Crippen molar-refractivity contribution in [3.05, 3.63) is 108 Å². The van der Waals surface area contributed by atoms with E-state index >= 15 is 0 Å². The number of hydrogen-bond donors (Lipinski definition) is 1. The van der Waals surface area contributed by atoms with Crippen molar-refractivity contribution >= 4 is 12.3 Å². The van der Waals surface area contributed by atoms with E-state index in [2.05, 4.69) is 91.1 Å². The lowest BCUT2D eigenvalue weighted by molar-refractivity contribution is -0.172. The van der Waals surface area contributed by atoms with Crippen molar-refractivity contribution in [3.8, 4) is 33.4 Å². The number of rotatable bonds is 9. The first kappa shape index (κ1) is 25.1. The van der Waals surface area contributed by atoms with E-state index in [1.165, 1.54) is 0 Å². The molecule has 0 radical (unpaired) electrons. The van der Waals surface area contributed by atoms with Gasteiger partial charge in [0.1, 0.15) is 6.17 Å². The third-order valence-electron chi connectivity index (χ3n) is 8.05. The number of carbonyl (C=O) groups excluding carboxylic acids is 2. The summed E-state index contributed by atoms with van der Waals surface area (Å²) >= 11 is 0. The summed E-state index contributed by atoms with van der Waals surface area (Å²) in [6.07, 6.45) is 3.31. The molecule has 0 aromatic heterocycles. The largest absolute Gasteiger partial charge is 0.342 e. The Labute approximate surface area is 230 Å². The summed E-state index contributed by atoms with van der Waals surface area (Å²) in [6, 6.07) is 33.6. The van der Waals surface area contributed by atoms with Crippen molar-refractivity contribution < 1.29 is 9.59 Å². The monoisotopic (exact) mass is 515 g/mol. The highest BCUT2D eigenvalue weighted by atomic mass is 16.2. The molecule has 2 aliphatic rings. The van der Waals surface area contributed by atoms with Crippen LogP contribution in [0.3, 0.4) is 0 Å². The summed E-state index contributed by atoms with van der Waals surface area (Å²) in [5.41, 5.74) is 8.85. The molecule has 4 aromatic rings. The van der Waals surface area contributed by atoms with E-state index in [0.717, 1.165) is 76.7 Å². The first-order valence-electron chi connectivity index (χ1n) is 13.9. The van der Waals surface area contributed by atoms with E-state index in [0.29, 0.717) is 6.54 Å². The first-order valence-corrected chi connectivity index (χ1v) is 13.9. The van der Waals surface area contributed by atoms with Gasteiger partial charge in [0.2, 0.25) is 12.3 Å². The van der Waals surface area contributed by atoms with Crippen LogP contribution in [0.15, 0.2) is 97.1 Å². The second kappa shape index (κ2) is 10.9. The molecule has 1 aliphatic carbocycles. The van der Waals surface area contributed by atoms with Gasteiger partial charge in [-0.25, -0.2) is 0 Å². The molecular weight excluding hydrogens is 482 g/mol. The molecule has 4 aromatic carbocycles. The molecule has 5 nitrogen and oxygen atoms in total. The van der Waals surface area contributed by atoms with E-state index < -0.39 is 5.92 Å². The van der Waals surface area contributed by atoms with Crippen molar-refractivity contribution in [1.82, 2.24) is 15.3 Å². The Bertz CT molecular complexity index is 1500. The zero-order valence-corrected chi connectivity index (χ0v) is 22.2. The topological polar surface area (TPSA) is 52.7 Å². The molecule has 1 heterocycles. The number of amides is 2. The number of unbranched alkanes of at least 4 members (excludes halogenated alkanes) is 1. The molecule has 1 N–H and O–H groups in total. The fourth-order valence-electron chi connectivity index (χ4n) is 6.07. The van der Waals surface area contributed by atoms with Crippen LogP contribution in [0.1, 0.15) is 43.2 Å². The van der Waals surface area contributed by atoms with Crippen LogP contribution in [0.25, 0.3) is 33.4 Å². The highest BCUT2D eigenvalue weighted by molar-refractivity contribution is 6.01. The molecule has 0 saturated carbocycles. The van der Waals surface area contributed by atoms with Crippen LogP contribution >= 0.6 is 0 Å². The van der Waals surface area contributed by atoms with E-state index in [1.54, 1.807) is 0 Å². The van der Waals surface area contributed by atoms with E-state index in [9.17, 15) is 9.59 Å². The summed E-state index contributed by atoms with van der Waals surface area (Å²) in [4.78, 5) is 25.9. The Morgan fingerprint density at radius 3 is 2.18 bits per heavy atom. The van der Waals surface area contributed by atoms with Crippen molar-refractivity contribution in [2.75, 3.05) is 13.1 Å². The van der Waals surface area contributed by atoms with Crippen molar-refractivity contribution in [2.24, 2.45) is 0 Å². The van der Waals surface area contributed by atoms with Crippen LogP contribution in [0.4, 0.5) is 0 Å². The van der Waals surface area contributed by atoms with Gasteiger partial charge in [0.25, 0.3) is 0 Å². The standard InChI is InChI=1S/C34H33N3O2/c1-2-3-21-37(36-22-20-31(36)35-23-38)34(39)33-30-17-10-9-16-27(30)29-19-11-18-28(32(29)33)26-15-8-7-14-25(26)24-12-5-4-6-13-24/h4-19,23,31,33H,2-3,20-22H2,1H3,(H,35,38). The molecule has 2 amide bonds. The fraction of sp³-hybridized carbons (Fsp3) is 0.235. The number of fused-ring (bicyclic) bond motifs is 3. The van der Waals surface area contributed by atoms with Gasteiger partial charge < -0.3 is 5.32 Å². The summed E-state index contributed by atoms with van der Waals surface area (Å²) in [7, 11) is 0. The van der Waals surface area contributed by atoms with Crippen molar-refractivity contribution in [2.45, 2.75) is 38.3 Å². The van der Waals surface area contributed by atoms with Gasteiger partial charge in [-0.2, -0.15) is 5.01 Å². The summed E-state index contributed by atoms with van der Waals surface area (Å²) in [5, 5.41) is 6.83. The highest BCUT2D eigenvalue weighted by Gasteiger charge is 2.42. The highest BCUT2D eigenvalue weighted by Crippen LogP contribution is 2.50. The van der Waals surface area contributed by atoms with E-state index in [-0.39, 0.29) is 12.1 Å². The Kier molecular flexibility index (Phi) is 6.99. The second-order valence-electron chi connectivity index (χ2n) is 10.3. The number of hydrazine groups is 1. The van der Waals surface area contributed by atoms with Crippen LogP contribution in [-0.2, 0) is 9.59 Å². The Morgan fingerprint density at radius 2 is 1.49 bits per heavy atom. The smallest absolute Gasteiger partial charge is 0.248 e. The third-order valence-corrected chi connectivity index (χ3v) is 8.05. The lowest BCUT2D eigenvalue weighted by Gasteiger charge is -2.47. The number of nitrogens with zero attached hydrogens (tertiary/aromatic N) is 2. The Balaban J connectivity index is 1.50. The molecule has 1 fully saturated rings. The van der Waals surface area contributed by atoms with E-state index in [1.807, 2.05) is 28.2 Å². The van der Waals surface area contributed by atoms with Crippen LogP contribution in [0.5, 0.6) is 0 Å². The number of hydrogen-bond acceptors (Lipinski definition) is 3. The second-order valence-corrected chi connectivity index (χ2v) is 10.3. The fourth-order valence-corrected chi connectivity index (χ4v) is 6.07. The number of nitrogens with one attached hydrogen (secondary N) is 1. The van der Waals surface area contributed by atoms with Gasteiger partial charge in [-0.15, -0.1) is 0 Å². The minimum Gasteiger partial charge on any atom is -0.342 e. The molecule has 5 heteroatoms. The van der Waals surface area contributed by atoms with Crippen LogP contribution in [0, 0.1) is 0 Å². The van der Waals surface area contributed by atoms with Crippen molar-refractivity contribution in [1.29, 1.82) is 0 Å². The molecular formula is C34H33N3O2. The number of benzene rings is 4. The zero-order chi connectivity index (χ0) is 26.8.